The summed E-state index contributed by atoms with van der Waals surface area (Å²) in [5.41, 5.74) is 1.34. The van der Waals surface area contributed by atoms with E-state index in [2.05, 4.69) is 16.3 Å². The lowest BCUT2D eigenvalue weighted by Gasteiger charge is -2.36. The monoisotopic (exact) mass is 324 g/mol. The lowest BCUT2D eigenvalue weighted by atomic mass is 10.0. The minimum absolute atomic E-state index is 0.0632. The van der Waals surface area contributed by atoms with Crippen molar-refractivity contribution in [3.05, 3.63) is 21.9 Å². The molecule has 6 heteroatoms. The Bertz CT molecular complexity index is 509. The maximum atomic E-state index is 12.5. The summed E-state index contributed by atoms with van der Waals surface area (Å²) in [5, 5.41) is 11.5. The summed E-state index contributed by atoms with van der Waals surface area (Å²) in [6, 6.07) is 2.15. The number of ether oxygens (including phenoxy) is 1. The molecule has 0 spiro atoms. The van der Waals surface area contributed by atoms with E-state index < -0.39 is 0 Å². The standard InChI is InChI=1S/C16H24N2O3S/c1-12(19)11-17-4-6-18(7-5-17)15(20)10-14-16-13(2-8-21-14)3-9-22-16/h3,9,12,14,19H,2,4-8,10-11H2,1H3/t12-,14+/m1/s1. The molecule has 1 amide bonds. The van der Waals surface area contributed by atoms with Crippen molar-refractivity contribution < 1.29 is 14.6 Å². The number of carbonyl (C=O) groups excluding carboxylic acids is 1. The average Bonchev–Trinajstić information content (AvgIpc) is 2.97. The Labute approximate surface area is 135 Å². The predicted molar refractivity (Wildman–Crippen MR) is 86.0 cm³/mol. The van der Waals surface area contributed by atoms with Gasteiger partial charge in [-0.25, -0.2) is 0 Å². The first-order chi connectivity index (χ1) is 10.6. The van der Waals surface area contributed by atoms with E-state index in [1.807, 2.05) is 4.90 Å². The van der Waals surface area contributed by atoms with E-state index in [9.17, 15) is 9.90 Å². The van der Waals surface area contributed by atoms with Crippen LogP contribution in [0.5, 0.6) is 0 Å². The van der Waals surface area contributed by atoms with Gasteiger partial charge >= 0.3 is 0 Å². The number of β-amino-alcohol motifs (C(OH)–C–C–N with tert-alkyl or cyclic N) is 1. The lowest BCUT2D eigenvalue weighted by Crippen LogP contribution is -2.50. The first-order valence-electron chi connectivity index (χ1n) is 7.99. The number of fused-ring (bicyclic) bond motifs is 1. The fourth-order valence-electron chi connectivity index (χ4n) is 3.22. The van der Waals surface area contributed by atoms with Crippen molar-refractivity contribution in [3.8, 4) is 0 Å². The van der Waals surface area contributed by atoms with Crippen molar-refractivity contribution in [1.29, 1.82) is 0 Å². The molecular weight excluding hydrogens is 300 g/mol. The second kappa shape index (κ2) is 7.08. The molecule has 0 aliphatic carbocycles. The molecule has 22 heavy (non-hydrogen) atoms. The number of aliphatic hydroxyl groups excluding tert-OH is 1. The molecule has 1 aromatic rings. The Morgan fingerprint density at radius 2 is 2.23 bits per heavy atom. The molecular formula is C16H24N2O3S. The Balaban J connectivity index is 1.52. The van der Waals surface area contributed by atoms with Crippen LogP contribution in [-0.4, -0.2) is 66.2 Å². The van der Waals surface area contributed by atoms with Crippen LogP contribution in [0.3, 0.4) is 0 Å². The summed E-state index contributed by atoms with van der Waals surface area (Å²) in [5.74, 6) is 0.183. The van der Waals surface area contributed by atoms with E-state index in [-0.39, 0.29) is 18.1 Å². The molecule has 3 heterocycles. The Morgan fingerprint density at radius 3 is 2.95 bits per heavy atom. The Kier molecular flexibility index (Phi) is 5.13. The molecule has 0 aromatic carbocycles. The summed E-state index contributed by atoms with van der Waals surface area (Å²) in [6.07, 6.45) is 1.03. The topological polar surface area (TPSA) is 53.0 Å². The fraction of sp³-hybridized carbons (Fsp3) is 0.688. The highest BCUT2D eigenvalue weighted by Crippen LogP contribution is 2.34. The van der Waals surface area contributed by atoms with E-state index in [0.717, 1.165) is 32.6 Å². The van der Waals surface area contributed by atoms with Crippen LogP contribution < -0.4 is 0 Å². The number of amides is 1. The zero-order chi connectivity index (χ0) is 15.5. The molecule has 2 aliphatic heterocycles. The van der Waals surface area contributed by atoms with Gasteiger partial charge in [0.15, 0.2) is 0 Å². The molecule has 5 nitrogen and oxygen atoms in total. The van der Waals surface area contributed by atoms with E-state index in [0.29, 0.717) is 19.6 Å². The molecule has 2 atom stereocenters. The van der Waals surface area contributed by atoms with Gasteiger partial charge in [0.25, 0.3) is 0 Å². The fourth-order valence-corrected chi connectivity index (χ4v) is 4.22. The minimum atomic E-state index is -0.310. The SMILES string of the molecule is C[C@@H](O)CN1CCN(C(=O)C[C@@H]2OCCc3ccsc32)CC1. The van der Waals surface area contributed by atoms with E-state index in [4.69, 9.17) is 4.74 Å². The number of piperazine rings is 1. The molecule has 0 radical (unpaired) electrons. The Hall–Kier alpha value is -0.950. The second-order valence-electron chi connectivity index (χ2n) is 6.15. The third kappa shape index (κ3) is 3.68. The molecule has 0 saturated carbocycles. The molecule has 2 aliphatic rings. The molecule has 3 rings (SSSR count). The smallest absolute Gasteiger partial charge is 0.225 e. The van der Waals surface area contributed by atoms with Crippen molar-refractivity contribution >= 4 is 17.2 Å². The predicted octanol–water partition coefficient (Wildman–Crippen LogP) is 1.28. The van der Waals surface area contributed by atoms with Crippen LogP contribution in [0.1, 0.15) is 29.9 Å². The van der Waals surface area contributed by atoms with Gasteiger partial charge < -0.3 is 14.7 Å². The van der Waals surface area contributed by atoms with Gasteiger partial charge in [0, 0.05) is 37.6 Å². The summed E-state index contributed by atoms with van der Waals surface area (Å²) in [6.45, 7) is 6.37. The maximum Gasteiger partial charge on any atom is 0.225 e. The second-order valence-corrected chi connectivity index (χ2v) is 7.10. The van der Waals surface area contributed by atoms with Gasteiger partial charge in [0.1, 0.15) is 6.10 Å². The molecule has 1 aromatic heterocycles. The zero-order valence-corrected chi connectivity index (χ0v) is 13.8. The minimum Gasteiger partial charge on any atom is -0.392 e. The third-order valence-electron chi connectivity index (χ3n) is 4.37. The highest BCUT2D eigenvalue weighted by molar-refractivity contribution is 7.10. The summed E-state index contributed by atoms with van der Waals surface area (Å²) >= 11 is 1.70. The van der Waals surface area contributed by atoms with Crippen LogP contribution in [0.15, 0.2) is 11.4 Å². The van der Waals surface area contributed by atoms with Gasteiger partial charge in [-0.05, 0) is 30.4 Å². The number of aliphatic hydroxyl groups is 1. The highest BCUT2D eigenvalue weighted by Gasteiger charge is 2.28. The largest absolute Gasteiger partial charge is 0.392 e. The van der Waals surface area contributed by atoms with Crippen molar-refractivity contribution in [2.75, 3.05) is 39.3 Å². The first-order valence-corrected chi connectivity index (χ1v) is 8.87. The number of hydrogen-bond donors (Lipinski definition) is 1. The van der Waals surface area contributed by atoms with Crippen LogP contribution in [0, 0.1) is 0 Å². The number of hydrogen-bond acceptors (Lipinski definition) is 5. The van der Waals surface area contributed by atoms with E-state index in [1.54, 1.807) is 18.3 Å². The van der Waals surface area contributed by atoms with Crippen LogP contribution in [0.25, 0.3) is 0 Å². The molecule has 1 fully saturated rings. The van der Waals surface area contributed by atoms with Gasteiger partial charge in [0.05, 0.1) is 19.1 Å². The summed E-state index contributed by atoms with van der Waals surface area (Å²) in [7, 11) is 0. The number of carbonyl (C=O) groups is 1. The first kappa shape index (κ1) is 15.9. The van der Waals surface area contributed by atoms with Crippen LogP contribution in [-0.2, 0) is 16.0 Å². The van der Waals surface area contributed by atoms with E-state index in [1.165, 1.54) is 10.4 Å². The quantitative estimate of drug-likeness (QED) is 0.906. The van der Waals surface area contributed by atoms with Crippen molar-refractivity contribution in [2.24, 2.45) is 0 Å². The number of rotatable bonds is 4. The third-order valence-corrected chi connectivity index (χ3v) is 5.42. The van der Waals surface area contributed by atoms with Gasteiger partial charge in [-0.1, -0.05) is 0 Å². The maximum absolute atomic E-state index is 12.5. The zero-order valence-electron chi connectivity index (χ0n) is 13.0. The average molecular weight is 324 g/mol. The molecule has 122 valence electrons. The van der Waals surface area contributed by atoms with Crippen LogP contribution in [0.4, 0.5) is 0 Å². The number of nitrogens with zero attached hydrogens (tertiary/aromatic N) is 2. The lowest BCUT2D eigenvalue weighted by molar-refractivity contribution is -0.136. The number of thiophene rings is 1. The van der Waals surface area contributed by atoms with Crippen molar-refractivity contribution in [2.45, 2.75) is 32.0 Å². The Morgan fingerprint density at radius 1 is 1.45 bits per heavy atom. The van der Waals surface area contributed by atoms with Gasteiger partial charge in [-0.3, -0.25) is 9.69 Å². The van der Waals surface area contributed by atoms with Crippen LogP contribution in [0.2, 0.25) is 0 Å². The van der Waals surface area contributed by atoms with Crippen molar-refractivity contribution in [1.82, 2.24) is 9.80 Å². The molecule has 1 N–H and O–H groups in total. The van der Waals surface area contributed by atoms with Gasteiger partial charge in [-0.2, -0.15) is 0 Å². The van der Waals surface area contributed by atoms with E-state index >= 15 is 0 Å². The summed E-state index contributed by atoms with van der Waals surface area (Å²) < 4.78 is 5.82. The van der Waals surface area contributed by atoms with Crippen LogP contribution >= 0.6 is 11.3 Å². The molecule has 0 bridgehead atoms. The highest BCUT2D eigenvalue weighted by atomic mass is 32.1. The van der Waals surface area contributed by atoms with Gasteiger partial charge in [-0.15, -0.1) is 11.3 Å². The van der Waals surface area contributed by atoms with Gasteiger partial charge in [0.2, 0.25) is 5.91 Å². The molecule has 1 saturated heterocycles. The molecule has 0 unspecified atom stereocenters. The normalized spacial score (nSPS) is 24.1. The van der Waals surface area contributed by atoms with Crippen molar-refractivity contribution in [3.63, 3.8) is 0 Å². The summed E-state index contributed by atoms with van der Waals surface area (Å²) in [4.78, 5) is 17.9.